The van der Waals surface area contributed by atoms with Gasteiger partial charge >= 0.3 is 0 Å². The third kappa shape index (κ3) is 3.51. The molecule has 21 heavy (non-hydrogen) atoms. The number of hydrogen-bond acceptors (Lipinski definition) is 3. The third-order valence-corrected chi connectivity index (χ3v) is 6.18. The van der Waals surface area contributed by atoms with Crippen LogP contribution in [0.1, 0.15) is 18.4 Å². The van der Waals surface area contributed by atoms with Crippen molar-refractivity contribution in [2.75, 3.05) is 20.2 Å². The summed E-state index contributed by atoms with van der Waals surface area (Å²) in [5.74, 6) is -0.828. The number of methoxy groups -OCH3 is 1. The second-order valence-corrected chi connectivity index (χ2v) is 7.43. The molecule has 1 aromatic carbocycles. The van der Waals surface area contributed by atoms with E-state index in [0.29, 0.717) is 25.9 Å². The molecule has 0 spiro atoms. The van der Waals surface area contributed by atoms with E-state index in [2.05, 4.69) is 0 Å². The monoisotopic (exact) mass is 355 g/mol. The lowest BCUT2D eigenvalue weighted by atomic mass is 10.1. The zero-order valence-electron chi connectivity index (χ0n) is 11.5. The summed E-state index contributed by atoms with van der Waals surface area (Å²) in [5, 5.41) is -0.137. The van der Waals surface area contributed by atoms with Crippen molar-refractivity contribution < 1.29 is 17.5 Å². The van der Waals surface area contributed by atoms with E-state index in [1.165, 1.54) is 10.4 Å². The van der Waals surface area contributed by atoms with Gasteiger partial charge in [-0.1, -0.05) is 11.6 Å². The van der Waals surface area contributed by atoms with Gasteiger partial charge in [0.2, 0.25) is 10.0 Å². The first-order valence-electron chi connectivity index (χ1n) is 6.47. The van der Waals surface area contributed by atoms with Gasteiger partial charge in [0.1, 0.15) is 5.82 Å². The average Bonchev–Trinajstić information content (AvgIpc) is 2.49. The van der Waals surface area contributed by atoms with E-state index in [9.17, 15) is 12.8 Å². The van der Waals surface area contributed by atoms with Gasteiger partial charge in [-0.25, -0.2) is 12.8 Å². The first-order valence-corrected chi connectivity index (χ1v) is 8.82. The number of benzene rings is 1. The molecule has 0 atom stereocenters. The van der Waals surface area contributed by atoms with Crippen LogP contribution < -0.4 is 0 Å². The van der Waals surface area contributed by atoms with Gasteiger partial charge in [-0.3, -0.25) is 0 Å². The quantitative estimate of drug-likeness (QED) is 0.780. The number of ether oxygens (including phenoxy) is 1. The summed E-state index contributed by atoms with van der Waals surface area (Å²) >= 11 is 11.4. The molecule has 0 saturated carbocycles. The molecule has 1 saturated heterocycles. The van der Waals surface area contributed by atoms with Gasteiger partial charge in [0.05, 0.1) is 16.0 Å². The summed E-state index contributed by atoms with van der Waals surface area (Å²) in [6, 6.07) is 2.27. The zero-order valence-corrected chi connectivity index (χ0v) is 13.8. The van der Waals surface area contributed by atoms with Crippen LogP contribution in [0.2, 0.25) is 5.02 Å². The van der Waals surface area contributed by atoms with Crippen LogP contribution in [0, 0.1) is 5.82 Å². The lowest BCUT2D eigenvalue weighted by molar-refractivity contribution is 0.0604. The van der Waals surface area contributed by atoms with E-state index in [1.807, 2.05) is 0 Å². The number of alkyl halides is 1. The van der Waals surface area contributed by atoms with Crippen molar-refractivity contribution in [2.24, 2.45) is 0 Å². The Morgan fingerprint density at radius 3 is 2.52 bits per heavy atom. The van der Waals surface area contributed by atoms with Crippen LogP contribution in [0.25, 0.3) is 0 Å². The Balaban J connectivity index is 2.30. The van der Waals surface area contributed by atoms with Gasteiger partial charge in [0.25, 0.3) is 0 Å². The SMILES string of the molecule is COC1CCN(S(=O)(=O)c2cc(F)c(Cl)c(CCl)c2)CC1. The van der Waals surface area contributed by atoms with Gasteiger partial charge in [-0.15, -0.1) is 11.6 Å². The molecular weight excluding hydrogens is 340 g/mol. The summed E-state index contributed by atoms with van der Waals surface area (Å²) in [6.45, 7) is 0.697. The summed E-state index contributed by atoms with van der Waals surface area (Å²) < 4.78 is 45.4. The van der Waals surface area contributed by atoms with Crippen LogP contribution in [0.3, 0.4) is 0 Å². The fourth-order valence-corrected chi connectivity index (χ4v) is 4.31. The molecule has 8 heteroatoms. The average molecular weight is 356 g/mol. The summed E-state index contributed by atoms with van der Waals surface area (Å²) in [6.07, 6.45) is 1.30. The zero-order chi connectivity index (χ0) is 15.6. The molecule has 0 aliphatic carbocycles. The maximum Gasteiger partial charge on any atom is 0.243 e. The van der Waals surface area contributed by atoms with Crippen LogP contribution >= 0.6 is 23.2 Å². The second kappa shape index (κ2) is 6.79. The molecule has 0 unspecified atom stereocenters. The molecular formula is C13H16Cl2FNO3S. The second-order valence-electron chi connectivity index (χ2n) is 4.85. The van der Waals surface area contributed by atoms with E-state index in [4.69, 9.17) is 27.9 Å². The highest BCUT2D eigenvalue weighted by molar-refractivity contribution is 7.89. The molecule has 0 N–H and O–H groups in total. The van der Waals surface area contributed by atoms with Gasteiger partial charge < -0.3 is 4.74 Å². The van der Waals surface area contributed by atoms with Crippen molar-refractivity contribution in [3.63, 3.8) is 0 Å². The molecule has 4 nitrogen and oxygen atoms in total. The smallest absolute Gasteiger partial charge is 0.243 e. The molecule has 0 bridgehead atoms. The van der Waals surface area contributed by atoms with E-state index < -0.39 is 15.8 Å². The molecule has 118 valence electrons. The Morgan fingerprint density at radius 2 is 2.00 bits per heavy atom. The summed E-state index contributed by atoms with van der Waals surface area (Å²) in [5.41, 5.74) is 0.267. The van der Waals surface area contributed by atoms with Gasteiger partial charge in [0, 0.05) is 26.1 Å². The van der Waals surface area contributed by atoms with Gasteiger partial charge in [-0.2, -0.15) is 4.31 Å². The van der Waals surface area contributed by atoms with E-state index in [-0.39, 0.29) is 27.5 Å². The van der Waals surface area contributed by atoms with Gasteiger partial charge in [0.15, 0.2) is 0 Å². The number of piperidine rings is 1. The largest absolute Gasteiger partial charge is 0.381 e. The number of halogens is 3. The fourth-order valence-electron chi connectivity index (χ4n) is 2.32. The van der Waals surface area contributed by atoms with Crippen LogP contribution in [-0.4, -0.2) is 39.0 Å². The Labute approximate surface area is 133 Å². The lowest BCUT2D eigenvalue weighted by Crippen LogP contribution is -2.40. The Bertz CT molecular complexity index is 616. The Hall–Kier alpha value is -0.400. The Kier molecular flexibility index (Phi) is 5.48. The minimum atomic E-state index is -3.75. The maximum atomic E-state index is 13.7. The van der Waals surface area contributed by atoms with Crippen molar-refractivity contribution >= 4 is 33.2 Å². The molecule has 2 rings (SSSR count). The minimum Gasteiger partial charge on any atom is -0.381 e. The number of sulfonamides is 1. The third-order valence-electron chi connectivity index (χ3n) is 3.59. The first kappa shape index (κ1) is 17.0. The van der Waals surface area contributed by atoms with Crippen LogP contribution in [-0.2, 0) is 20.6 Å². The topological polar surface area (TPSA) is 46.6 Å². The molecule has 1 aromatic rings. The highest BCUT2D eigenvalue weighted by Gasteiger charge is 2.30. The maximum absolute atomic E-state index is 13.7. The number of rotatable bonds is 4. The lowest BCUT2D eigenvalue weighted by Gasteiger charge is -2.30. The summed E-state index contributed by atoms with van der Waals surface area (Å²) in [7, 11) is -2.14. The van der Waals surface area contributed by atoms with E-state index >= 15 is 0 Å². The van der Waals surface area contributed by atoms with Gasteiger partial charge in [-0.05, 0) is 30.5 Å². The molecule has 0 aromatic heterocycles. The van der Waals surface area contributed by atoms with Crippen molar-refractivity contribution in [3.05, 3.63) is 28.5 Å². The molecule has 1 aliphatic rings. The molecule has 0 radical (unpaired) electrons. The first-order chi connectivity index (χ1) is 9.90. The molecule has 1 heterocycles. The minimum absolute atomic E-state index is 0.0507. The highest BCUT2D eigenvalue weighted by atomic mass is 35.5. The number of hydrogen-bond donors (Lipinski definition) is 0. The van der Waals surface area contributed by atoms with E-state index in [0.717, 1.165) is 6.07 Å². The normalized spacial score (nSPS) is 18.1. The van der Waals surface area contributed by atoms with Crippen molar-refractivity contribution in [3.8, 4) is 0 Å². The summed E-state index contributed by atoms with van der Waals surface area (Å²) in [4.78, 5) is -0.115. The van der Waals surface area contributed by atoms with Crippen LogP contribution in [0.4, 0.5) is 4.39 Å². The fraction of sp³-hybridized carbons (Fsp3) is 0.538. The van der Waals surface area contributed by atoms with E-state index in [1.54, 1.807) is 7.11 Å². The predicted molar refractivity (Wildman–Crippen MR) is 79.8 cm³/mol. The predicted octanol–water partition coefficient (Wildman–Crippen LogP) is 3.02. The van der Waals surface area contributed by atoms with Crippen LogP contribution in [0.15, 0.2) is 17.0 Å². The van der Waals surface area contributed by atoms with Crippen molar-refractivity contribution in [2.45, 2.75) is 29.7 Å². The van der Waals surface area contributed by atoms with Crippen molar-refractivity contribution in [1.82, 2.24) is 4.31 Å². The molecule has 0 amide bonds. The number of nitrogens with zero attached hydrogens (tertiary/aromatic N) is 1. The standard InChI is InChI=1S/C13H16Cl2FNO3S/c1-20-10-2-4-17(5-3-10)21(18,19)11-6-9(8-14)13(15)12(16)7-11/h6-7,10H,2-5,8H2,1H3. The van der Waals surface area contributed by atoms with Crippen molar-refractivity contribution in [1.29, 1.82) is 0 Å². The van der Waals surface area contributed by atoms with Crippen LogP contribution in [0.5, 0.6) is 0 Å². The highest BCUT2D eigenvalue weighted by Crippen LogP contribution is 2.28. The molecule has 1 fully saturated rings. The molecule has 1 aliphatic heterocycles. The Morgan fingerprint density at radius 1 is 1.38 bits per heavy atom.